The van der Waals surface area contributed by atoms with Crippen LogP contribution in [0.5, 0.6) is 0 Å². The van der Waals surface area contributed by atoms with Crippen LogP contribution in [-0.4, -0.2) is 34.8 Å². The largest absolute Gasteiger partial charge is 0.351 e. The highest BCUT2D eigenvalue weighted by atomic mass is 79.9. The Labute approximate surface area is 163 Å². The Morgan fingerprint density at radius 2 is 2.08 bits per heavy atom. The third-order valence-electron chi connectivity index (χ3n) is 4.66. The lowest BCUT2D eigenvalue weighted by molar-refractivity contribution is -0.132. The number of nitrogens with zero attached hydrogens (tertiary/aromatic N) is 2. The summed E-state index contributed by atoms with van der Waals surface area (Å²) in [4.78, 5) is 13.1. The lowest BCUT2D eigenvalue weighted by Crippen LogP contribution is -2.56. The fourth-order valence-electron chi connectivity index (χ4n) is 3.33. The van der Waals surface area contributed by atoms with E-state index in [2.05, 4.69) is 44.7 Å². The molecular formula is C18H24BrClN4O. The van der Waals surface area contributed by atoms with Crippen LogP contribution in [0.15, 0.2) is 47.2 Å². The van der Waals surface area contributed by atoms with Crippen LogP contribution in [0.25, 0.3) is 0 Å². The first kappa shape index (κ1) is 19.9. The molecule has 0 saturated carbocycles. The van der Waals surface area contributed by atoms with Crippen molar-refractivity contribution in [3.63, 3.8) is 0 Å². The molecule has 2 N–H and O–H groups in total. The van der Waals surface area contributed by atoms with Crippen molar-refractivity contribution in [3.05, 3.63) is 52.8 Å². The molecule has 2 heterocycles. The van der Waals surface area contributed by atoms with Crippen molar-refractivity contribution >= 4 is 34.2 Å². The summed E-state index contributed by atoms with van der Waals surface area (Å²) in [5.41, 5.74) is 0.612. The summed E-state index contributed by atoms with van der Waals surface area (Å²) in [6.07, 6.45) is 5.93. The number of nitrogens with one attached hydrogen (secondary N) is 2. The number of benzene rings is 1. The summed E-state index contributed by atoms with van der Waals surface area (Å²) in [5.74, 6) is 0.0623. The maximum absolute atomic E-state index is 13.1. The molecule has 0 radical (unpaired) electrons. The Balaban J connectivity index is 0.00000225. The average molecular weight is 428 g/mol. The van der Waals surface area contributed by atoms with Gasteiger partial charge in [0.2, 0.25) is 5.91 Å². The van der Waals surface area contributed by atoms with Crippen LogP contribution in [0.1, 0.15) is 25.3 Å². The molecule has 1 aromatic heterocycles. The van der Waals surface area contributed by atoms with Gasteiger partial charge in [-0.1, -0.05) is 34.1 Å². The molecule has 1 unspecified atom stereocenters. The molecule has 136 valence electrons. The van der Waals surface area contributed by atoms with Crippen molar-refractivity contribution in [1.82, 2.24) is 20.4 Å². The van der Waals surface area contributed by atoms with Crippen LogP contribution in [0, 0.1) is 0 Å². The molecule has 1 saturated heterocycles. The Bertz CT molecular complexity index is 686. The van der Waals surface area contributed by atoms with E-state index >= 15 is 0 Å². The van der Waals surface area contributed by atoms with Gasteiger partial charge in [0.05, 0.1) is 0 Å². The van der Waals surface area contributed by atoms with Crippen LogP contribution in [0.4, 0.5) is 0 Å². The summed E-state index contributed by atoms with van der Waals surface area (Å²) in [6.45, 7) is 3.70. The molecule has 0 bridgehead atoms. The van der Waals surface area contributed by atoms with Crippen molar-refractivity contribution in [2.75, 3.05) is 13.1 Å². The van der Waals surface area contributed by atoms with E-state index in [1.165, 1.54) is 5.56 Å². The summed E-state index contributed by atoms with van der Waals surface area (Å²) >= 11 is 3.57. The van der Waals surface area contributed by atoms with Gasteiger partial charge in [-0.25, -0.2) is 0 Å². The summed E-state index contributed by atoms with van der Waals surface area (Å²) in [7, 11) is 0. The molecule has 1 amide bonds. The topological polar surface area (TPSA) is 59.0 Å². The SMILES string of the molecule is CC(Cc1ccccc1Br)NC(=O)C1(n2cccn2)CCNCC1.Cl. The number of aromatic nitrogens is 2. The fourth-order valence-corrected chi connectivity index (χ4v) is 3.77. The second kappa shape index (κ2) is 8.83. The quantitative estimate of drug-likeness (QED) is 0.771. The predicted molar refractivity (Wildman–Crippen MR) is 105 cm³/mol. The van der Waals surface area contributed by atoms with Gasteiger partial charge in [-0.15, -0.1) is 12.4 Å². The molecule has 1 atom stereocenters. The minimum absolute atomic E-state index is 0. The van der Waals surface area contributed by atoms with E-state index < -0.39 is 5.54 Å². The number of amides is 1. The molecular weight excluding hydrogens is 404 g/mol. The smallest absolute Gasteiger partial charge is 0.248 e. The van der Waals surface area contributed by atoms with Crippen molar-refractivity contribution < 1.29 is 4.79 Å². The minimum atomic E-state index is -0.586. The molecule has 0 spiro atoms. The summed E-state index contributed by atoms with van der Waals surface area (Å²) < 4.78 is 2.91. The Kier molecular flexibility index (Phi) is 7.04. The zero-order chi connectivity index (χ0) is 17.0. The van der Waals surface area contributed by atoms with Gasteiger partial charge in [0, 0.05) is 22.9 Å². The van der Waals surface area contributed by atoms with Gasteiger partial charge in [0.15, 0.2) is 0 Å². The standard InChI is InChI=1S/C18H23BrN4O.ClH/c1-14(13-15-5-2-3-6-16(15)19)22-17(24)18(7-10-20-11-8-18)23-12-4-9-21-23;/h2-6,9,12,14,20H,7-8,10-11,13H2,1H3,(H,22,24);1H. The van der Waals surface area contributed by atoms with E-state index in [0.29, 0.717) is 0 Å². The number of carbonyl (C=O) groups excluding carboxylic acids is 1. The average Bonchev–Trinajstić information content (AvgIpc) is 3.12. The van der Waals surface area contributed by atoms with Gasteiger partial charge >= 0.3 is 0 Å². The highest BCUT2D eigenvalue weighted by Crippen LogP contribution is 2.27. The van der Waals surface area contributed by atoms with Gasteiger partial charge in [-0.05, 0) is 57.0 Å². The van der Waals surface area contributed by atoms with E-state index in [0.717, 1.165) is 36.8 Å². The van der Waals surface area contributed by atoms with Crippen LogP contribution in [0.2, 0.25) is 0 Å². The van der Waals surface area contributed by atoms with E-state index in [-0.39, 0.29) is 24.4 Å². The predicted octanol–water partition coefficient (Wildman–Crippen LogP) is 2.89. The molecule has 0 aliphatic carbocycles. The third-order valence-corrected chi connectivity index (χ3v) is 5.43. The number of hydrogen-bond donors (Lipinski definition) is 2. The van der Waals surface area contributed by atoms with E-state index in [4.69, 9.17) is 0 Å². The maximum atomic E-state index is 13.1. The lowest BCUT2D eigenvalue weighted by Gasteiger charge is -2.37. The Morgan fingerprint density at radius 3 is 2.72 bits per heavy atom. The second-order valence-corrected chi connectivity index (χ2v) is 7.26. The first-order valence-corrected chi connectivity index (χ1v) is 9.16. The monoisotopic (exact) mass is 426 g/mol. The fraction of sp³-hybridized carbons (Fsp3) is 0.444. The molecule has 2 aromatic rings. The van der Waals surface area contributed by atoms with Crippen LogP contribution < -0.4 is 10.6 Å². The highest BCUT2D eigenvalue weighted by Gasteiger charge is 2.42. The Morgan fingerprint density at radius 1 is 1.36 bits per heavy atom. The summed E-state index contributed by atoms with van der Waals surface area (Å²) in [6, 6.07) is 10.1. The van der Waals surface area contributed by atoms with Crippen LogP contribution >= 0.6 is 28.3 Å². The van der Waals surface area contributed by atoms with Crippen molar-refractivity contribution in [1.29, 1.82) is 0 Å². The molecule has 25 heavy (non-hydrogen) atoms. The van der Waals surface area contributed by atoms with E-state index in [1.807, 2.05) is 35.1 Å². The number of hydrogen-bond acceptors (Lipinski definition) is 3. The summed E-state index contributed by atoms with van der Waals surface area (Å²) in [5, 5.41) is 10.9. The normalized spacial score (nSPS) is 17.4. The molecule has 1 aromatic carbocycles. The third kappa shape index (κ3) is 4.43. The molecule has 1 aliphatic heterocycles. The molecule has 3 rings (SSSR count). The first-order valence-electron chi connectivity index (χ1n) is 8.37. The van der Waals surface area contributed by atoms with Gasteiger partial charge in [0.1, 0.15) is 5.54 Å². The second-order valence-electron chi connectivity index (χ2n) is 6.40. The first-order chi connectivity index (χ1) is 11.6. The zero-order valence-corrected chi connectivity index (χ0v) is 16.6. The molecule has 7 heteroatoms. The van der Waals surface area contributed by atoms with Gasteiger partial charge in [-0.3, -0.25) is 9.48 Å². The zero-order valence-electron chi connectivity index (χ0n) is 14.2. The highest BCUT2D eigenvalue weighted by molar-refractivity contribution is 9.10. The Hall–Kier alpha value is -1.37. The van der Waals surface area contributed by atoms with Crippen LogP contribution in [0.3, 0.4) is 0 Å². The van der Waals surface area contributed by atoms with Gasteiger partial charge in [-0.2, -0.15) is 5.10 Å². The van der Waals surface area contributed by atoms with Gasteiger partial charge in [0.25, 0.3) is 0 Å². The molecule has 5 nitrogen and oxygen atoms in total. The lowest BCUT2D eigenvalue weighted by atomic mass is 9.87. The van der Waals surface area contributed by atoms with E-state index in [1.54, 1.807) is 6.20 Å². The van der Waals surface area contributed by atoms with Crippen molar-refractivity contribution in [3.8, 4) is 0 Å². The minimum Gasteiger partial charge on any atom is -0.351 e. The van der Waals surface area contributed by atoms with Crippen molar-refractivity contribution in [2.24, 2.45) is 0 Å². The number of piperidine rings is 1. The maximum Gasteiger partial charge on any atom is 0.248 e. The molecule has 1 aliphatic rings. The van der Waals surface area contributed by atoms with Crippen molar-refractivity contribution in [2.45, 2.75) is 37.8 Å². The number of halogens is 2. The number of carbonyl (C=O) groups is 1. The van der Waals surface area contributed by atoms with E-state index in [9.17, 15) is 4.79 Å². The van der Waals surface area contributed by atoms with Crippen LogP contribution in [-0.2, 0) is 16.8 Å². The van der Waals surface area contributed by atoms with Gasteiger partial charge < -0.3 is 10.6 Å². The molecule has 1 fully saturated rings. The number of rotatable bonds is 5.